The third-order valence-electron chi connectivity index (χ3n) is 0.999. The third-order valence-corrected chi connectivity index (χ3v) is 0.999. The number of carbonyl (C=O) groups excluding carboxylic acids is 1. The number of hydrogen-bond acceptors (Lipinski definition) is 4. The summed E-state index contributed by atoms with van der Waals surface area (Å²) in [7, 11) is 0. The summed E-state index contributed by atoms with van der Waals surface area (Å²) < 4.78 is 0. The highest BCUT2D eigenvalue weighted by Gasteiger charge is 2.03. The standard InChI is InChI=1S/C6H5NO3/c8-6(10-9)5-1-3-7-4-2-5/h1-4,9H. The molecule has 0 aliphatic carbocycles. The van der Waals surface area contributed by atoms with E-state index in [9.17, 15) is 4.79 Å². The second-order valence-corrected chi connectivity index (χ2v) is 1.61. The van der Waals surface area contributed by atoms with Crippen LogP contribution in [-0.2, 0) is 4.89 Å². The van der Waals surface area contributed by atoms with Gasteiger partial charge in [0.2, 0.25) is 0 Å². The van der Waals surface area contributed by atoms with Crippen molar-refractivity contribution in [3.63, 3.8) is 0 Å². The third kappa shape index (κ3) is 1.29. The number of aromatic nitrogens is 1. The van der Waals surface area contributed by atoms with Gasteiger partial charge in [0.1, 0.15) is 0 Å². The van der Waals surface area contributed by atoms with Crippen molar-refractivity contribution in [3.8, 4) is 0 Å². The second-order valence-electron chi connectivity index (χ2n) is 1.61. The van der Waals surface area contributed by atoms with Gasteiger partial charge in [0, 0.05) is 12.4 Å². The maximum Gasteiger partial charge on any atom is 0.372 e. The lowest BCUT2D eigenvalue weighted by molar-refractivity contribution is -0.182. The minimum atomic E-state index is -0.776. The van der Waals surface area contributed by atoms with Crippen molar-refractivity contribution in [2.45, 2.75) is 0 Å². The molecule has 0 saturated heterocycles. The maximum atomic E-state index is 10.5. The topological polar surface area (TPSA) is 59.4 Å². The van der Waals surface area contributed by atoms with E-state index in [1.165, 1.54) is 24.5 Å². The fraction of sp³-hybridized carbons (Fsp3) is 0. The smallest absolute Gasteiger partial charge is 0.296 e. The van der Waals surface area contributed by atoms with Crippen molar-refractivity contribution >= 4 is 5.97 Å². The summed E-state index contributed by atoms with van der Waals surface area (Å²) in [4.78, 5) is 17.7. The van der Waals surface area contributed by atoms with Crippen LogP contribution in [0.4, 0.5) is 0 Å². The predicted molar refractivity (Wildman–Crippen MR) is 32.3 cm³/mol. The first-order chi connectivity index (χ1) is 4.84. The van der Waals surface area contributed by atoms with Gasteiger partial charge in [0.05, 0.1) is 5.56 Å². The fourth-order valence-corrected chi connectivity index (χ4v) is 0.541. The van der Waals surface area contributed by atoms with Crippen LogP contribution < -0.4 is 0 Å². The molecule has 1 rings (SSSR count). The van der Waals surface area contributed by atoms with Gasteiger partial charge in [-0.2, -0.15) is 5.26 Å². The molecule has 0 unspecified atom stereocenters. The minimum absolute atomic E-state index is 0.275. The molecule has 1 N–H and O–H groups in total. The van der Waals surface area contributed by atoms with Crippen molar-refractivity contribution in [3.05, 3.63) is 30.1 Å². The molecule has 52 valence electrons. The Labute approximate surface area is 57.0 Å². The normalized spacial score (nSPS) is 8.90. The maximum absolute atomic E-state index is 10.5. The van der Waals surface area contributed by atoms with Crippen LogP contribution in [0.3, 0.4) is 0 Å². The van der Waals surface area contributed by atoms with E-state index in [2.05, 4.69) is 9.87 Å². The number of nitrogens with zero attached hydrogens (tertiary/aromatic N) is 1. The zero-order valence-corrected chi connectivity index (χ0v) is 5.02. The van der Waals surface area contributed by atoms with Gasteiger partial charge in [0.25, 0.3) is 0 Å². The molecule has 0 aromatic carbocycles. The van der Waals surface area contributed by atoms with E-state index in [0.717, 1.165) is 0 Å². The van der Waals surface area contributed by atoms with E-state index >= 15 is 0 Å². The molecule has 0 amide bonds. The zero-order chi connectivity index (χ0) is 7.40. The molecular formula is C6H5NO3. The molecule has 1 aromatic rings. The summed E-state index contributed by atoms with van der Waals surface area (Å²) in [6, 6.07) is 2.89. The highest BCUT2D eigenvalue weighted by Crippen LogP contribution is 1.96. The second kappa shape index (κ2) is 2.93. The Bertz CT molecular complexity index is 222. The Morgan fingerprint density at radius 2 is 2.10 bits per heavy atom. The Hall–Kier alpha value is -1.42. The van der Waals surface area contributed by atoms with Crippen LogP contribution in [-0.4, -0.2) is 16.2 Å². The number of rotatable bonds is 1. The van der Waals surface area contributed by atoms with Gasteiger partial charge in [0.15, 0.2) is 0 Å². The molecule has 0 fully saturated rings. The van der Waals surface area contributed by atoms with Crippen LogP contribution in [0.5, 0.6) is 0 Å². The summed E-state index contributed by atoms with van der Waals surface area (Å²) in [6.07, 6.45) is 2.87. The van der Waals surface area contributed by atoms with E-state index in [0.29, 0.717) is 0 Å². The van der Waals surface area contributed by atoms with Crippen molar-refractivity contribution in [1.82, 2.24) is 4.98 Å². The lowest BCUT2D eigenvalue weighted by Gasteiger charge is -1.92. The van der Waals surface area contributed by atoms with Crippen molar-refractivity contribution in [2.24, 2.45) is 0 Å². The molecular weight excluding hydrogens is 134 g/mol. The molecule has 1 aromatic heterocycles. The van der Waals surface area contributed by atoms with Crippen molar-refractivity contribution in [1.29, 1.82) is 0 Å². The molecule has 10 heavy (non-hydrogen) atoms. The number of hydrogen-bond donors (Lipinski definition) is 1. The van der Waals surface area contributed by atoms with E-state index in [-0.39, 0.29) is 5.56 Å². The fourth-order valence-electron chi connectivity index (χ4n) is 0.541. The van der Waals surface area contributed by atoms with Gasteiger partial charge < -0.3 is 0 Å². The molecule has 4 nitrogen and oxygen atoms in total. The molecule has 0 saturated carbocycles. The Kier molecular flexibility index (Phi) is 1.96. The monoisotopic (exact) mass is 139 g/mol. The molecule has 0 aliphatic rings. The van der Waals surface area contributed by atoms with Crippen molar-refractivity contribution < 1.29 is 14.9 Å². The largest absolute Gasteiger partial charge is 0.372 e. The van der Waals surface area contributed by atoms with Gasteiger partial charge in [-0.25, -0.2) is 4.79 Å². The highest BCUT2D eigenvalue weighted by molar-refractivity contribution is 5.88. The number of carbonyl (C=O) groups is 1. The average Bonchev–Trinajstić information content (AvgIpc) is 2.05. The molecule has 0 aliphatic heterocycles. The van der Waals surface area contributed by atoms with Crippen molar-refractivity contribution in [2.75, 3.05) is 0 Å². The van der Waals surface area contributed by atoms with Crippen LogP contribution in [0.1, 0.15) is 10.4 Å². The summed E-state index contributed by atoms with van der Waals surface area (Å²) in [5, 5.41) is 7.92. The molecule has 0 spiro atoms. The van der Waals surface area contributed by atoms with E-state index in [1.807, 2.05) is 0 Å². The van der Waals surface area contributed by atoms with Gasteiger partial charge >= 0.3 is 5.97 Å². The lowest BCUT2D eigenvalue weighted by atomic mass is 10.3. The first-order valence-electron chi connectivity index (χ1n) is 2.60. The first-order valence-corrected chi connectivity index (χ1v) is 2.60. The van der Waals surface area contributed by atoms with Crippen LogP contribution in [0, 0.1) is 0 Å². The van der Waals surface area contributed by atoms with Gasteiger partial charge in [-0.1, -0.05) is 0 Å². The first kappa shape index (κ1) is 6.70. The van der Waals surface area contributed by atoms with Crippen LogP contribution in [0.2, 0.25) is 0 Å². The average molecular weight is 139 g/mol. The Balaban J connectivity index is 2.85. The van der Waals surface area contributed by atoms with E-state index in [1.54, 1.807) is 0 Å². The minimum Gasteiger partial charge on any atom is -0.296 e. The van der Waals surface area contributed by atoms with E-state index < -0.39 is 5.97 Å². The Morgan fingerprint density at radius 3 is 2.60 bits per heavy atom. The highest BCUT2D eigenvalue weighted by atomic mass is 17.1. The quantitative estimate of drug-likeness (QED) is 0.459. The van der Waals surface area contributed by atoms with Gasteiger partial charge in [-0.3, -0.25) is 9.87 Å². The van der Waals surface area contributed by atoms with Crippen LogP contribution >= 0.6 is 0 Å². The SMILES string of the molecule is O=C(OO)c1ccncc1. The summed E-state index contributed by atoms with van der Waals surface area (Å²) in [6.45, 7) is 0. The number of pyridine rings is 1. The lowest BCUT2D eigenvalue weighted by Crippen LogP contribution is -2.00. The Morgan fingerprint density at radius 1 is 1.50 bits per heavy atom. The van der Waals surface area contributed by atoms with E-state index in [4.69, 9.17) is 5.26 Å². The summed E-state index contributed by atoms with van der Waals surface area (Å²) in [5.74, 6) is -0.776. The predicted octanol–water partition coefficient (Wildman–Crippen LogP) is 0.711. The molecule has 1 heterocycles. The van der Waals surface area contributed by atoms with Gasteiger partial charge in [-0.15, -0.1) is 0 Å². The summed E-state index contributed by atoms with van der Waals surface area (Å²) >= 11 is 0. The molecule has 0 radical (unpaired) electrons. The molecule has 0 bridgehead atoms. The molecule has 4 heteroatoms. The summed E-state index contributed by atoms with van der Waals surface area (Å²) in [5.41, 5.74) is 0.275. The molecule has 0 atom stereocenters. The van der Waals surface area contributed by atoms with Crippen LogP contribution in [0.25, 0.3) is 0 Å². The van der Waals surface area contributed by atoms with Crippen LogP contribution in [0.15, 0.2) is 24.5 Å². The van der Waals surface area contributed by atoms with Gasteiger partial charge in [-0.05, 0) is 12.1 Å². The zero-order valence-electron chi connectivity index (χ0n) is 5.02.